The van der Waals surface area contributed by atoms with Crippen molar-refractivity contribution in [3.63, 3.8) is 0 Å². The van der Waals surface area contributed by atoms with Crippen LogP contribution in [0.15, 0.2) is 84.6 Å². The molecule has 0 aliphatic heterocycles. The summed E-state index contributed by atoms with van der Waals surface area (Å²) in [5.74, 6) is 1.57. The van der Waals surface area contributed by atoms with Gasteiger partial charge >= 0.3 is 0 Å². The molecule has 0 amide bonds. The zero-order chi connectivity index (χ0) is 23.3. The van der Waals surface area contributed by atoms with E-state index in [9.17, 15) is 4.39 Å². The average Bonchev–Trinajstić information content (AvgIpc) is 3.18. The SMILES string of the molecule is C=CC.C=NCn1ccc2cc(Oc3ccnc(Nc4cccc(N)c4)n3)ccc21.CF. The third-order valence-corrected chi connectivity index (χ3v) is 3.99. The second-order valence-electron chi connectivity index (χ2n) is 6.35. The van der Waals surface area contributed by atoms with E-state index in [1.165, 1.54) is 0 Å². The molecule has 7 nitrogen and oxygen atoms in total. The highest BCUT2D eigenvalue weighted by atomic mass is 19.1. The number of ether oxygens (including phenoxy) is 1. The molecule has 0 radical (unpaired) electrons. The van der Waals surface area contributed by atoms with Crippen molar-refractivity contribution in [2.45, 2.75) is 13.6 Å². The van der Waals surface area contributed by atoms with Crippen LogP contribution in [0.25, 0.3) is 10.9 Å². The summed E-state index contributed by atoms with van der Waals surface area (Å²) in [5.41, 5.74) is 8.34. The molecular formula is C24H27FN6O. The van der Waals surface area contributed by atoms with Crippen LogP contribution in [0.3, 0.4) is 0 Å². The lowest BCUT2D eigenvalue weighted by Crippen LogP contribution is -1.99. The summed E-state index contributed by atoms with van der Waals surface area (Å²) >= 11 is 0. The number of alkyl halides is 1. The quantitative estimate of drug-likeness (QED) is 0.221. The summed E-state index contributed by atoms with van der Waals surface area (Å²) in [4.78, 5) is 12.5. The van der Waals surface area contributed by atoms with E-state index >= 15 is 0 Å². The summed E-state index contributed by atoms with van der Waals surface area (Å²) in [6, 6.07) is 17.0. The molecule has 3 N–H and O–H groups in total. The zero-order valence-electron chi connectivity index (χ0n) is 18.2. The van der Waals surface area contributed by atoms with Gasteiger partial charge in [-0.15, -0.1) is 6.58 Å². The Morgan fingerprint density at radius 3 is 2.69 bits per heavy atom. The Kier molecular flexibility index (Phi) is 9.39. The maximum atomic E-state index is 9.50. The molecule has 0 aliphatic carbocycles. The van der Waals surface area contributed by atoms with Gasteiger partial charge in [-0.25, -0.2) is 4.98 Å². The Morgan fingerprint density at radius 2 is 1.97 bits per heavy atom. The number of aliphatic imine (C=N–C) groups is 1. The van der Waals surface area contributed by atoms with Crippen LogP contribution in [-0.4, -0.2) is 28.4 Å². The molecule has 0 saturated heterocycles. The maximum Gasteiger partial charge on any atom is 0.230 e. The van der Waals surface area contributed by atoms with Gasteiger partial charge in [0, 0.05) is 40.7 Å². The van der Waals surface area contributed by atoms with Gasteiger partial charge in [-0.1, -0.05) is 12.1 Å². The first-order chi connectivity index (χ1) is 15.6. The summed E-state index contributed by atoms with van der Waals surface area (Å²) in [7, 11) is 0.500. The Labute approximate surface area is 187 Å². The first-order valence-electron chi connectivity index (χ1n) is 9.72. The highest BCUT2D eigenvalue weighted by Gasteiger charge is 2.06. The highest BCUT2D eigenvalue weighted by molar-refractivity contribution is 5.81. The Morgan fingerprint density at radius 1 is 1.19 bits per heavy atom. The minimum Gasteiger partial charge on any atom is -0.439 e. The van der Waals surface area contributed by atoms with Gasteiger partial charge in [0.1, 0.15) is 12.4 Å². The summed E-state index contributed by atoms with van der Waals surface area (Å²) in [6.45, 7) is 9.31. The van der Waals surface area contributed by atoms with E-state index in [0.29, 0.717) is 37.1 Å². The van der Waals surface area contributed by atoms with Crippen LogP contribution < -0.4 is 15.8 Å². The third-order valence-electron chi connectivity index (χ3n) is 3.99. The van der Waals surface area contributed by atoms with Crippen molar-refractivity contribution < 1.29 is 9.13 Å². The molecule has 2 heterocycles. The van der Waals surface area contributed by atoms with Crippen molar-refractivity contribution in [1.82, 2.24) is 14.5 Å². The monoisotopic (exact) mass is 434 g/mol. The topological polar surface area (TPSA) is 90.3 Å². The molecule has 4 rings (SSSR count). The number of nitrogens with two attached hydrogens (primary N) is 1. The lowest BCUT2D eigenvalue weighted by molar-refractivity contribution is 0.463. The fraction of sp³-hybridized carbons (Fsp3) is 0.125. The van der Waals surface area contributed by atoms with Gasteiger partial charge in [0.25, 0.3) is 0 Å². The van der Waals surface area contributed by atoms with Gasteiger partial charge in [-0.3, -0.25) is 9.38 Å². The van der Waals surface area contributed by atoms with Gasteiger partial charge in [0.15, 0.2) is 0 Å². The molecule has 2 aromatic carbocycles. The number of nitrogen functional groups attached to an aromatic ring is 1. The van der Waals surface area contributed by atoms with E-state index in [0.717, 1.165) is 16.6 Å². The Bertz CT molecular complexity index is 1160. The standard InChI is InChI=1S/C20H18N6O.C3H6.CH3F/c1-22-13-26-10-8-14-11-17(5-6-18(14)26)27-19-7-9-23-20(25-19)24-16-4-2-3-15(21)12-16;1-3-2;1-2/h2-12H,1,13,21H2,(H,23,24,25);3H,1H2,2H3;1H3. The van der Waals surface area contributed by atoms with Crippen LogP contribution in [0.4, 0.5) is 21.7 Å². The first-order valence-corrected chi connectivity index (χ1v) is 9.72. The van der Waals surface area contributed by atoms with Gasteiger partial charge < -0.3 is 20.4 Å². The predicted octanol–water partition coefficient (Wildman–Crippen LogP) is 5.99. The van der Waals surface area contributed by atoms with Crippen molar-refractivity contribution in [2.24, 2.45) is 4.99 Å². The molecule has 0 atom stereocenters. The molecule has 0 saturated carbocycles. The number of benzene rings is 2. The van der Waals surface area contributed by atoms with Crippen molar-refractivity contribution >= 4 is 34.9 Å². The number of halogens is 1. The summed E-state index contributed by atoms with van der Waals surface area (Å²) in [5, 5.41) is 4.17. The molecule has 0 fully saturated rings. The van der Waals surface area contributed by atoms with E-state index in [1.807, 2.05) is 66.2 Å². The molecule has 0 bridgehead atoms. The second-order valence-corrected chi connectivity index (χ2v) is 6.35. The zero-order valence-corrected chi connectivity index (χ0v) is 18.2. The molecule has 2 aromatic heterocycles. The number of anilines is 3. The van der Waals surface area contributed by atoms with Crippen LogP contribution in [0.1, 0.15) is 6.92 Å². The smallest absolute Gasteiger partial charge is 0.230 e. The van der Waals surface area contributed by atoms with E-state index in [-0.39, 0.29) is 0 Å². The maximum absolute atomic E-state index is 9.50. The van der Waals surface area contributed by atoms with E-state index < -0.39 is 0 Å². The number of aromatic nitrogens is 3. The van der Waals surface area contributed by atoms with Crippen LogP contribution in [0.5, 0.6) is 11.6 Å². The first kappa shape index (κ1) is 24.1. The fourth-order valence-electron chi connectivity index (χ4n) is 2.80. The van der Waals surface area contributed by atoms with Crippen LogP contribution >= 0.6 is 0 Å². The number of hydrogen-bond donors (Lipinski definition) is 2. The number of nitrogens with one attached hydrogen (secondary N) is 1. The van der Waals surface area contributed by atoms with Crippen LogP contribution in [-0.2, 0) is 6.67 Å². The fourth-order valence-corrected chi connectivity index (χ4v) is 2.80. The molecule has 32 heavy (non-hydrogen) atoms. The van der Waals surface area contributed by atoms with Crippen molar-refractivity contribution in [3.05, 3.63) is 79.6 Å². The van der Waals surface area contributed by atoms with Gasteiger partial charge in [0.05, 0.1) is 7.18 Å². The number of hydrogen-bond acceptors (Lipinski definition) is 6. The highest BCUT2D eigenvalue weighted by Crippen LogP contribution is 2.26. The van der Waals surface area contributed by atoms with Gasteiger partial charge in [-0.05, 0) is 56.1 Å². The van der Waals surface area contributed by atoms with E-state index in [1.54, 1.807) is 18.3 Å². The number of rotatable bonds is 6. The number of allylic oxidation sites excluding steroid dienone is 1. The molecule has 0 unspecified atom stereocenters. The molecule has 166 valence electrons. The largest absolute Gasteiger partial charge is 0.439 e. The number of fused-ring (bicyclic) bond motifs is 1. The Hall–Kier alpha value is -4.20. The molecule has 4 aromatic rings. The second kappa shape index (κ2) is 12.5. The molecule has 8 heteroatoms. The predicted molar refractivity (Wildman–Crippen MR) is 131 cm³/mol. The van der Waals surface area contributed by atoms with E-state index in [2.05, 4.69) is 33.6 Å². The normalized spacial score (nSPS) is 9.59. The molecule has 0 aliphatic rings. The van der Waals surface area contributed by atoms with Crippen molar-refractivity contribution in [2.75, 3.05) is 18.2 Å². The van der Waals surface area contributed by atoms with E-state index in [4.69, 9.17) is 10.5 Å². The average molecular weight is 435 g/mol. The number of nitrogens with zero attached hydrogens (tertiary/aromatic N) is 4. The lowest BCUT2D eigenvalue weighted by Gasteiger charge is -2.08. The van der Waals surface area contributed by atoms with Gasteiger partial charge in [0.2, 0.25) is 11.8 Å². The molecular weight excluding hydrogens is 407 g/mol. The Balaban J connectivity index is 0.000000671. The summed E-state index contributed by atoms with van der Waals surface area (Å²) in [6.07, 6.45) is 5.36. The third kappa shape index (κ3) is 6.66. The van der Waals surface area contributed by atoms with Crippen molar-refractivity contribution in [3.8, 4) is 11.6 Å². The molecule has 0 spiro atoms. The lowest BCUT2D eigenvalue weighted by atomic mass is 10.2. The summed E-state index contributed by atoms with van der Waals surface area (Å²) < 4.78 is 17.4. The van der Waals surface area contributed by atoms with Crippen molar-refractivity contribution in [1.29, 1.82) is 0 Å². The minimum absolute atomic E-state index is 0.433. The van der Waals surface area contributed by atoms with Gasteiger partial charge in [-0.2, -0.15) is 4.98 Å². The van der Waals surface area contributed by atoms with Crippen LogP contribution in [0, 0.1) is 0 Å². The van der Waals surface area contributed by atoms with Crippen LogP contribution in [0.2, 0.25) is 0 Å². The minimum atomic E-state index is 0.433.